The zero-order valence-corrected chi connectivity index (χ0v) is 20.0. The third-order valence-corrected chi connectivity index (χ3v) is 11.1. The predicted molar refractivity (Wildman–Crippen MR) is 100 cm³/mol. The van der Waals surface area contributed by atoms with Gasteiger partial charge in [0.2, 0.25) is 0 Å². The fraction of sp³-hybridized carbons (Fsp3) is 1.00. The van der Waals surface area contributed by atoms with Gasteiger partial charge in [0.1, 0.15) is 0 Å². The summed E-state index contributed by atoms with van der Waals surface area (Å²) in [6, 6.07) is 0. The third kappa shape index (κ3) is 9.70. The molecule has 0 amide bonds. The first kappa shape index (κ1) is 34.8. The van der Waals surface area contributed by atoms with E-state index in [4.69, 9.17) is 50.6 Å². The summed E-state index contributed by atoms with van der Waals surface area (Å²) in [5.41, 5.74) is 10.0. The van der Waals surface area contributed by atoms with Crippen LogP contribution in [0.1, 0.15) is 25.7 Å². The maximum absolute atomic E-state index is 10.7. The third-order valence-electron chi connectivity index (χ3n) is 3.30. The van der Waals surface area contributed by atoms with Crippen LogP contribution in [0.3, 0.4) is 0 Å². The van der Waals surface area contributed by atoms with Gasteiger partial charge < -0.3 is 60.8 Å². The Balaban J connectivity index is -0.000000451. The van der Waals surface area contributed by atoms with Crippen molar-refractivity contribution < 1.29 is 67.6 Å². The van der Waals surface area contributed by atoms with Crippen molar-refractivity contribution in [3.63, 3.8) is 0 Å². The minimum atomic E-state index is -5.30. The minimum Gasteiger partial charge on any atom is -0.368 e. The average molecular weight is 522 g/mol. The van der Waals surface area contributed by atoms with Gasteiger partial charge in [-0.3, -0.25) is 18.3 Å². The molecule has 0 aromatic carbocycles. The number of hydrogen-bond donors (Lipinski definition) is 12. The molecule has 172 valence electrons. The molecule has 0 bridgehead atoms. The summed E-state index contributed by atoms with van der Waals surface area (Å²) in [6.45, 7) is -0.0788. The topological polar surface area (TPSA) is 323 Å². The summed E-state index contributed by atoms with van der Waals surface area (Å²) in [6.07, 6.45) is -1.71. The summed E-state index contributed by atoms with van der Waals surface area (Å²) in [7, 11) is -21.2. The van der Waals surface area contributed by atoms with Gasteiger partial charge in [-0.25, -0.2) is 0 Å². The molecule has 0 aliphatic rings. The van der Waals surface area contributed by atoms with Crippen molar-refractivity contribution in [1.29, 1.82) is 0 Å². The van der Waals surface area contributed by atoms with Crippen LogP contribution in [-0.4, -0.2) is 95.7 Å². The van der Waals surface area contributed by atoms with Gasteiger partial charge in [-0.15, -0.1) is 0 Å². The molecule has 0 spiro atoms. The molecule has 0 aromatic heterocycles. The van der Waals surface area contributed by atoms with E-state index in [0.29, 0.717) is 0 Å². The molecule has 21 heteroatoms. The van der Waals surface area contributed by atoms with Crippen molar-refractivity contribution in [1.82, 2.24) is 0 Å². The molecule has 14 N–H and O–H groups in total. The Morgan fingerprint density at radius 1 is 0.552 bits per heavy atom. The van der Waals surface area contributed by atoms with Crippen LogP contribution in [0.2, 0.25) is 0 Å². The van der Waals surface area contributed by atoms with E-state index in [1.165, 1.54) is 0 Å². The van der Waals surface area contributed by atoms with Gasteiger partial charge in [0.25, 0.3) is 10.2 Å². The molecule has 0 unspecified atom stereocenters. The number of nitrogens with two attached hydrogens (primary N) is 2. The zero-order chi connectivity index (χ0) is 23.2. The first-order valence-electron chi connectivity index (χ1n) is 7.20. The van der Waals surface area contributed by atoms with Crippen LogP contribution in [0.5, 0.6) is 0 Å². The Hall–Kier alpha value is 1.21. The van der Waals surface area contributed by atoms with Crippen molar-refractivity contribution >= 4 is 53.4 Å². The maximum Gasteiger partial charge on any atom is 2.00 e. The molecule has 16 nitrogen and oxygen atoms in total. The van der Waals surface area contributed by atoms with E-state index >= 15 is 0 Å². The van der Waals surface area contributed by atoms with E-state index < -0.39 is 53.4 Å². The van der Waals surface area contributed by atoms with Crippen molar-refractivity contribution in [3.8, 4) is 0 Å². The Labute approximate surface area is 181 Å². The van der Waals surface area contributed by atoms with E-state index in [2.05, 4.69) is 0 Å². The normalized spacial score (nSPS) is 13.9. The van der Waals surface area contributed by atoms with E-state index in [-0.39, 0.29) is 49.0 Å². The molecular weight excluding hydrogens is 496 g/mol. The first-order valence-corrected chi connectivity index (χ1v) is 13.6. The van der Waals surface area contributed by atoms with E-state index in [9.17, 15) is 28.5 Å². The Kier molecular flexibility index (Phi) is 14.9. The Bertz CT molecular complexity index is 579. The second-order valence-electron chi connectivity index (χ2n) is 5.51. The molecule has 0 heterocycles. The maximum atomic E-state index is 10.7. The molecule has 0 fully saturated rings. The van der Waals surface area contributed by atoms with Gasteiger partial charge in [0.05, 0.1) is 0 Å². The fourth-order valence-electron chi connectivity index (χ4n) is 1.60. The van der Waals surface area contributed by atoms with Gasteiger partial charge in [-0.05, 0) is 25.9 Å². The van der Waals surface area contributed by atoms with Crippen molar-refractivity contribution in [2.24, 2.45) is 11.5 Å². The van der Waals surface area contributed by atoms with E-state index in [1.807, 2.05) is 0 Å². The fourth-order valence-corrected chi connectivity index (χ4v) is 6.11. The first-order chi connectivity index (χ1) is 12.1. The Morgan fingerprint density at radius 3 is 0.828 bits per heavy atom. The zero-order valence-electron chi connectivity index (χ0n) is 15.0. The second-order valence-corrected chi connectivity index (χ2v) is 13.5. The molecular formula is C8H26MgN2O14P4+2. The molecule has 0 saturated carbocycles. The standard InChI is InChI=1S/2C4H13NO7P2.Mg/c2*5-3-1-2-4(6,13(7,8)9)14(10,11)12;/h2*6H,1-3,5H2,(H2,7,8,9)(H2,10,11,12);/q;;+2. The molecule has 0 atom stereocenters. The molecule has 0 aliphatic heterocycles. The van der Waals surface area contributed by atoms with Crippen LogP contribution in [0, 0.1) is 0 Å². The number of hydrogen-bond acceptors (Lipinski definition) is 8. The SMILES string of the molecule is NCCCC(O)(P(=O)(O)O)P(=O)(O)O.NCCCC(O)(P(=O)(O)O)P(=O)(O)O.[Mg+2]. The smallest absolute Gasteiger partial charge is 0.368 e. The van der Waals surface area contributed by atoms with Gasteiger partial charge in [0, 0.05) is 12.8 Å². The van der Waals surface area contributed by atoms with Gasteiger partial charge >= 0.3 is 53.4 Å². The molecule has 0 radical (unpaired) electrons. The van der Waals surface area contributed by atoms with E-state index in [1.54, 1.807) is 0 Å². The van der Waals surface area contributed by atoms with Crippen LogP contribution < -0.4 is 11.5 Å². The molecule has 29 heavy (non-hydrogen) atoms. The predicted octanol–water partition coefficient (Wildman–Crippen LogP) is -2.93. The summed E-state index contributed by atoms with van der Waals surface area (Å²) in [4.78, 5) is 69.0. The number of rotatable bonds is 10. The molecule has 0 rings (SSSR count). The Morgan fingerprint density at radius 2 is 0.724 bits per heavy atom. The van der Waals surface area contributed by atoms with Gasteiger partial charge in [-0.2, -0.15) is 0 Å². The van der Waals surface area contributed by atoms with Crippen molar-refractivity contribution in [2.45, 2.75) is 35.8 Å². The van der Waals surface area contributed by atoms with Crippen molar-refractivity contribution in [2.75, 3.05) is 13.1 Å². The summed E-state index contributed by atoms with van der Waals surface area (Å²) in [5, 5.41) is 11.8. The number of aliphatic hydroxyl groups is 2. The van der Waals surface area contributed by atoms with Gasteiger partial charge in [-0.1, -0.05) is 0 Å². The van der Waals surface area contributed by atoms with E-state index in [0.717, 1.165) is 0 Å². The summed E-state index contributed by atoms with van der Waals surface area (Å²) < 4.78 is 42.9. The monoisotopic (exact) mass is 522 g/mol. The van der Waals surface area contributed by atoms with Crippen LogP contribution in [0.15, 0.2) is 0 Å². The second kappa shape index (κ2) is 12.4. The van der Waals surface area contributed by atoms with Crippen molar-refractivity contribution in [3.05, 3.63) is 0 Å². The van der Waals surface area contributed by atoms with Crippen LogP contribution in [0.25, 0.3) is 0 Å². The van der Waals surface area contributed by atoms with Gasteiger partial charge in [0.15, 0.2) is 0 Å². The quantitative estimate of drug-likeness (QED) is 0.101. The molecule has 0 saturated heterocycles. The molecule has 0 aromatic rings. The summed E-state index contributed by atoms with van der Waals surface area (Å²) in [5.74, 6) is 0. The van der Waals surface area contributed by atoms with Crippen LogP contribution in [0.4, 0.5) is 0 Å². The summed E-state index contributed by atoms with van der Waals surface area (Å²) >= 11 is 0. The minimum absolute atomic E-state index is 0. The van der Waals surface area contributed by atoms with Crippen LogP contribution in [-0.2, 0) is 18.3 Å². The molecule has 0 aliphatic carbocycles. The average Bonchev–Trinajstić information content (AvgIpc) is 2.46. The van der Waals surface area contributed by atoms with Crippen LogP contribution >= 0.6 is 30.4 Å². The largest absolute Gasteiger partial charge is 2.00 e.